The van der Waals surface area contributed by atoms with Crippen molar-refractivity contribution >= 4 is 56.3 Å². The molecule has 46 heavy (non-hydrogen) atoms. The van der Waals surface area contributed by atoms with Crippen molar-refractivity contribution < 1.29 is 91.4 Å². The maximum atomic E-state index is 11.4. The van der Waals surface area contributed by atoms with Gasteiger partial charge in [-0.25, -0.2) is 0 Å². The van der Waals surface area contributed by atoms with Crippen molar-refractivity contribution in [3.05, 3.63) is 88.8 Å². The maximum Gasteiger partial charge on any atom is 1.00 e. The van der Waals surface area contributed by atoms with E-state index in [1.807, 2.05) is 89.2 Å². The van der Waals surface area contributed by atoms with Crippen molar-refractivity contribution in [2.75, 3.05) is 30.1 Å². The molecule has 10 nitrogen and oxygen atoms in total. The first-order valence-electron chi connectivity index (χ1n) is 14.4. The Morgan fingerprint density at radius 3 is 2.35 bits per heavy atom. The first-order chi connectivity index (χ1) is 21.4. The van der Waals surface area contributed by atoms with Crippen LogP contribution in [0.4, 0.5) is 5.69 Å². The Morgan fingerprint density at radius 1 is 0.957 bits per heavy atom. The fourth-order valence-corrected chi connectivity index (χ4v) is 8.53. The fraction of sp³-hybridized carbons (Fsp3) is 0.281. The van der Waals surface area contributed by atoms with E-state index in [0.29, 0.717) is 30.3 Å². The number of methoxy groups -OCH3 is 1. The summed E-state index contributed by atoms with van der Waals surface area (Å²) < 4.78 is 84.0. The number of allylic oxidation sites excluding steroid dienone is 2. The van der Waals surface area contributed by atoms with E-state index in [1.54, 1.807) is 7.11 Å². The zero-order valence-electron chi connectivity index (χ0n) is 25.8. The van der Waals surface area contributed by atoms with Gasteiger partial charge < -0.3 is 0 Å². The minimum atomic E-state index is -4.38. The van der Waals surface area contributed by atoms with Crippen molar-refractivity contribution in [2.24, 2.45) is 0 Å². The molecule has 0 bridgehead atoms. The van der Waals surface area contributed by atoms with Gasteiger partial charge in [-0.2, -0.15) is 0 Å². The summed E-state index contributed by atoms with van der Waals surface area (Å²) in [6.07, 6.45) is 4.93. The molecule has 238 valence electrons. The van der Waals surface area contributed by atoms with E-state index >= 15 is 0 Å². The molecule has 0 N–H and O–H groups in total. The number of anilines is 1. The molecule has 0 unspecified atom stereocenters. The zero-order chi connectivity index (χ0) is 32.2. The van der Waals surface area contributed by atoms with Crippen molar-refractivity contribution in [3.8, 4) is 22.6 Å². The average Bonchev–Trinajstić information content (AvgIpc) is 3.52. The Bertz CT molecular complexity index is 1980. The van der Waals surface area contributed by atoms with Gasteiger partial charge in [-0.15, -0.1) is 0 Å². The summed E-state index contributed by atoms with van der Waals surface area (Å²) in [7, 11) is -7.14. The van der Waals surface area contributed by atoms with E-state index in [1.165, 1.54) is 0 Å². The van der Waals surface area contributed by atoms with E-state index in [0.717, 1.165) is 36.7 Å². The Balaban J connectivity index is 0.00000480. The number of hydrogen-bond donors (Lipinski definition) is 0. The summed E-state index contributed by atoms with van der Waals surface area (Å²) in [6, 6.07) is 21.5. The van der Waals surface area contributed by atoms with Crippen LogP contribution in [0.2, 0.25) is 0 Å². The Hall–Kier alpha value is -1.81. The molecule has 0 atom stereocenters. The van der Waals surface area contributed by atoms with Crippen molar-refractivity contribution in [2.45, 2.75) is 32.7 Å². The minimum Gasteiger partial charge on any atom is 1.00 e. The van der Waals surface area contributed by atoms with Gasteiger partial charge in [0, 0.05) is 0 Å². The zero-order valence-corrected chi connectivity index (χ0v) is 32.3. The number of benzene rings is 3. The van der Waals surface area contributed by atoms with Crippen molar-refractivity contribution in [1.29, 1.82) is 0 Å². The van der Waals surface area contributed by atoms with Crippen LogP contribution in [0.15, 0.2) is 84.3 Å². The van der Waals surface area contributed by atoms with Crippen LogP contribution in [0, 0.1) is 0 Å². The molecule has 1 aromatic heterocycles. The summed E-state index contributed by atoms with van der Waals surface area (Å²) in [5.41, 5.74) is 4.63. The molecule has 0 aliphatic carbocycles. The normalized spacial score (nSPS) is 14.3. The maximum absolute atomic E-state index is 11.4. The molecule has 2 heterocycles. The third kappa shape index (κ3) is 9.63. The Kier molecular flexibility index (Phi) is 12.9. The molecule has 1 aliphatic rings. The van der Waals surface area contributed by atoms with Gasteiger partial charge in [-0.1, -0.05) is 6.07 Å². The van der Waals surface area contributed by atoms with Crippen LogP contribution in [0.25, 0.3) is 27.0 Å². The van der Waals surface area contributed by atoms with E-state index in [-0.39, 0.29) is 85.3 Å². The number of rotatable bonds is 13. The van der Waals surface area contributed by atoms with Gasteiger partial charge in [0.15, 0.2) is 0 Å². The average molecular weight is 756 g/mol. The molecule has 14 heteroatoms. The predicted molar refractivity (Wildman–Crippen MR) is 172 cm³/mol. The molecule has 1 aliphatic heterocycles. The molecular weight excluding hydrogens is 723 g/mol. The molecule has 0 spiro atoms. The van der Waals surface area contributed by atoms with Crippen LogP contribution in [0.3, 0.4) is 0 Å². The quantitative estimate of drug-likeness (QED) is 0.112. The molecule has 3 aromatic carbocycles. The first kappa shape index (κ1) is 37.0. The summed E-state index contributed by atoms with van der Waals surface area (Å²) in [6.45, 7) is 2.62. The van der Waals surface area contributed by atoms with Crippen molar-refractivity contribution in [1.82, 2.24) is 0 Å². The number of ether oxygens (including phenoxy) is 2. The predicted octanol–water partition coefficient (Wildman–Crippen LogP) is 1.27. The number of aryl methyl sites for hydroxylation is 1. The monoisotopic (exact) mass is 756 g/mol. The topological polar surface area (TPSA) is 140 Å². The first-order valence-corrected chi connectivity index (χ1v) is 19.3. The molecule has 0 saturated carbocycles. The van der Waals surface area contributed by atoms with Crippen LogP contribution in [-0.2, 0) is 26.8 Å². The molecule has 0 radical (unpaired) electrons. The van der Waals surface area contributed by atoms with Crippen LogP contribution < -0.4 is 70.3 Å². The number of fused-ring (bicyclic) bond motifs is 2. The standard InChI is InChI=1S/C32H34N2O8S2Se.K/c1-3-23(20-32-34(16-8-18-44(38,39)40)28-22-26(41-2)12-14-30(28)45-32)19-31-33(15-7-17-43(35,36)37)27-21-25(11-13-29(27)42-31)24-9-5-4-6-10-24;/h4-6,9-14,19-22H,3,7-8,15-18H2,1-2H3,(H-,35,36,37,38,39,40);/q;+1/p-1. The van der Waals surface area contributed by atoms with Crippen LogP contribution in [-0.4, -0.2) is 65.6 Å². The molecule has 4 aromatic rings. The van der Waals surface area contributed by atoms with Gasteiger partial charge in [-0.05, 0) is 0 Å². The number of nitrogens with zero attached hydrogens (tertiary/aromatic N) is 2. The summed E-state index contributed by atoms with van der Waals surface area (Å²) in [5.74, 6) is 0.872. The number of aromatic nitrogens is 1. The van der Waals surface area contributed by atoms with Gasteiger partial charge in [0.25, 0.3) is 0 Å². The summed E-state index contributed by atoms with van der Waals surface area (Å²) in [5, 5.41) is 0. The molecule has 5 rings (SSSR count). The second-order valence-corrected chi connectivity index (χ2v) is 15.8. The smallest absolute Gasteiger partial charge is 1.00 e. The van der Waals surface area contributed by atoms with E-state index in [4.69, 9.17) is 9.47 Å². The SMILES string of the molecule is CCC(=Cc1[se]c2ccc(OC)cc2[n+]1CCCS(=O)(=O)[O-])C=C1Oc2ccc(-c3ccccc3)cc2N1CCCS(=O)(=O)[O-].[K+]. The molecular formula is C32H33KN2O8S2Se. The van der Waals surface area contributed by atoms with Crippen LogP contribution >= 0.6 is 0 Å². The molecule has 0 fully saturated rings. The fourth-order valence-electron chi connectivity index (χ4n) is 5.16. The van der Waals surface area contributed by atoms with Gasteiger partial charge in [-0.3, -0.25) is 0 Å². The number of hydrogen-bond acceptors (Lipinski definition) is 9. The summed E-state index contributed by atoms with van der Waals surface area (Å²) >= 11 is -0.0941. The van der Waals surface area contributed by atoms with Gasteiger partial charge in [0.1, 0.15) is 0 Å². The van der Waals surface area contributed by atoms with Gasteiger partial charge in [0.2, 0.25) is 0 Å². The Morgan fingerprint density at radius 2 is 1.67 bits per heavy atom. The van der Waals surface area contributed by atoms with Gasteiger partial charge in [0.05, 0.1) is 0 Å². The van der Waals surface area contributed by atoms with E-state index in [2.05, 4.69) is 6.08 Å². The van der Waals surface area contributed by atoms with Crippen molar-refractivity contribution in [3.63, 3.8) is 0 Å². The third-order valence-electron chi connectivity index (χ3n) is 7.35. The Labute approximate surface area is 318 Å². The van der Waals surface area contributed by atoms with Crippen LogP contribution in [0.5, 0.6) is 11.5 Å². The summed E-state index contributed by atoms with van der Waals surface area (Å²) in [4.78, 5) is 1.90. The second kappa shape index (κ2) is 16.1. The van der Waals surface area contributed by atoms with E-state index in [9.17, 15) is 25.9 Å². The van der Waals surface area contributed by atoms with Gasteiger partial charge >= 0.3 is 316 Å². The largest absolute Gasteiger partial charge is 1.00 e. The minimum absolute atomic E-state index is 0. The third-order valence-corrected chi connectivity index (χ3v) is 11.3. The molecule has 0 amide bonds. The second-order valence-electron chi connectivity index (χ2n) is 10.5. The van der Waals surface area contributed by atoms with E-state index < -0.39 is 31.7 Å². The van der Waals surface area contributed by atoms with Crippen LogP contribution in [0.1, 0.15) is 30.8 Å². The molecule has 0 saturated heterocycles.